The summed E-state index contributed by atoms with van der Waals surface area (Å²) in [5.41, 5.74) is 1.45. The van der Waals surface area contributed by atoms with Gasteiger partial charge >= 0.3 is 5.97 Å². The van der Waals surface area contributed by atoms with E-state index in [1.165, 1.54) is 31.5 Å². The lowest BCUT2D eigenvalue weighted by atomic mass is 10.0. The number of halogens is 2. The molecule has 1 aromatic heterocycles. The minimum atomic E-state index is -1.51. The van der Waals surface area contributed by atoms with Crippen LogP contribution in [0.25, 0.3) is 17.0 Å². The summed E-state index contributed by atoms with van der Waals surface area (Å²) < 4.78 is 22.8. The number of methoxy groups -OCH3 is 2. The fourth-order valence-corrected chi connectivity index (χ4v) is 3.55. The number of aliphatic carboxylic acids is 2. The number of hydrogen-bond acceptors (Lipinski definition) is 8. The number of hydrogen-bond donors (Lipinski definition) is 2. The van der Waals surface area contributed by atoms with Crippen LogP contribution >= 0.6 is 23.2 Å². The lowest BCUT2D eigenvalue weighted by Gasteiger charge is -2.18. The van der Waals surface area contributed by atoms with Crippen molar-refractivity contribution in [3.63, 3.8) is 0 Å². The Balaban J connectivity index is 0.000000580. The van der Waals surface area contributed by atoms with Crippen LogP contribution in [0.4, 0.5) is 0 Å². The molecule has 0 spiro atoms. The number of carboxylic acid groups (broad SMARTS) is 2. The first kappa shape index (κ1) is 31.2. The van der Waals surface area contributed by atoms with Crippen molar-refractivity contribution in [1.82, 2.24) is 0 Å². The lowest BCUT2D eigenvalue weighted by molar-refractivity contribution is -0.858. The van der Waals surface area contributed by atoms with E-state index in [4.69, 9.17) is 46.9 Å². The largest absolute Gasteiger partial charge is 0.545 e. The normalized spacial score (nSPS) is 11.1. The Morgan fingerprint density at radius 2 is 1.69 bits per heavy atom. The number of ketones is 1. The van der Waals surface area contributed by atoms with Crippen molar-refractivity contribution in [1.29, 1.82) is 0 Å². The molecule has 0 radical (unpaired) electrons. The average Bonchev–Trinajstić information content (AvgIpc) is 3.36. The van der Waals surface area contributed by atoms with Crippen LogP contribution in [0.2, 0.25) is 10.0 Å². The zero-order valence-corrected chi connectivity index (χ0v) is 23.1. The van der Waals surface area contributed by atoms with Gasteiger partial charge in [-0.15, -0.1) is 0 Å². The van der Waals surface area contributed by atoms with Crippen LogP contribution in [-0.2, 0) is 9.59 Å². The first-order valence-electron chi connectivity index (χ1n) is 11.4. The standard InChI is InChI=1S/C23H23Cl2NO5.C4H4O4/c1-26(2)10-12-31-22-19(18(27)8-6-14-5-7-16(24)17(25)13-14)20(28-3)15-9-11-30-21(15)23(22)29-4;5-3(6)1-2-4(7)8/h5-9,11,13H,10,12H2,1-4H3;1-2H,(H,5,6)(H,7,8)/b8-6+;2-1-. The minimum Gasteiger partial charge on any atom is -0.545 e. The van der Waals surface area contributed by atoms with E-state index in [-0.39, 0.29) is 17.1 Å². The molecule has 39 heavy (non-hydrogen) atoms. The Kier molecular flexibility index (Phi) is 11.9. The number of nitrogens with one attached hydrogen (secondary N) is 1. The van der Waals surface area contributed by atoms with E-state index in [0.717, 1.165) is 12.1 Å². The summed E-state index contributed by atoms with van der Waals surface area (Å²) in [5, 5.41) is 18.7. The topological polar surface area (TPSA) is 140 Å². The molecule has 0 fully saturated rings. The van der Waals surface area contributed by atoms with Gasteiger partial charge < -0.3 is 38.5 Å². The summed E-state index contributed by atoms with van der Waals surface area (Å²) in [7, 11) is 7.04. The van der Waals surface area contributed by atoms with Gasteiger partial charge in [0.2, 0.25) is 5.75 Å². The molecule has 208 valence electrons. The zero-order chi connectivity index (χ0) is 29.1. The van der Waals surface area contributed by atoms with Gasteiger partial charge in [0.15, 0.2) is 17.1 Å². The van der Waals surface area contributed by atoms with Crippen LogP contribution in [0.3, 0.4) is 0 Å². The predicted octanol–water partition coefficient (Wildman–Crippen LogP) is 2.55. The van der Waals surface area contributed by atoms with Gasteiger partial charge in [0, 0.05) is 6.08 Å². The molecule has 0 unspecified atom stereocenters. The number of allylic oxidation sites excluding steroid dienone is 1. The van der Waals surface area contributed by atoms with Crippen LogP contribution in [0.15, 0.2) is 53.2 Å². The van der Waals surface area contributed by atoms with E-state index in [1.807, 2.05) is 14.1 Å². The van der Waals surface area contributed by atoms with E-state index in [2.05, 4.69) is 0 Å². The molecule has 0 aliphatic heterocycles. The van der Waals surface area contributed by atoms with Crippen LogP contribution in [0.1, 0.15) is 15.9 Å². The van der Waals surface area contributed by atoms with Crippen molar-refractivity contribution in [2.24, 2.45) is 0 Å². The minimum absolute atomic E-state index is 0.262. The molecule has 0 saturated heterocycles. The number of carbonyl (C=O) groups is 3. The number of furan rings is 1. The predicted molar refractivity (Wildman–Crippen MR) is 144 cm³/mol. The number of benzene rings is 2. The molecule has 0 atom stereocenters. The molecule has 0 amide bonds. The number of quaternary nitrogens is 1. The zero-order valence-electron chi connectivity index (χ0n) is 21.6. The van der Waals surface area contributed by atoms with Gasteiger partial charge in [-0.25, -0.2) is 4.79 Å². The highest BCUT2D eigenvalue weighted by Crippen LogP contribution is 2.46. The second-order valence-corrected chi connectivity index (χ2v) is 8.92. The molecule has 1 heterocycles. The summed E-state index contributed by atoms with van der Waals surface area (Å²) in [4.78, 5) is 33.5. The number of carbonyl (C=O) groups excluding carboxylic acids is 2. The van der Waals surface area contributed by atoms with Crippen molar-refractivity contribution in [2.75, 3.05) is 41.5 Å². The third-order valence-corrected chi connectivity index (χ3v) is 5.75. The van der Waals surface area contributed by atoms with Crippen molar-refractivity contribution in [3.8, 4) is 17.2 Å². The van der Waals surface area contributed by atoms with Gasteiger partial charge in [-0.1, -0.05) is 35.3 Å². The first-order chi connectivity index (χ1) is 18.5. The molecule has 10 nitrogen and oxygen atoms in total. The van der Waals surface area contributed by atoms with Gasteiger partial charge in [-0.3, -0.25) is 4.79 Å². The Hall–Kier alpha value is -3.99. The third kappa shape index (κ3) is 8.78. The fourth-order valence-electron chi connectivity index (χ4n) is 3.25. The Labute approximate surface area is 234 Å². The summed E-state index contributed by atoms with van der Waals surface area (Å²) in [6.07, 6.45) is 5.55. The van der Waals surface area contributed by atoms with Crippen molar-refractivity contribution in [2.45, 2.75) is 0 Å². The van der Waals surface area contributed by atoms with Crippen molar-refractivity contribution < 1.29 is 48.1 Å². The van der Waals surface area contributed by atoms with Gasteiger partial charge in [-0.05, 0) is 35.9 Å². The Bertz CT molecular complexity index is 1380. The number of carboxylic acids is 2. The van der Waals surface area contributed by atoms with E-state index in [0.29, 0.717) is 51.3 Å². The number of fused-ring (bicyclic) bond motifs is 1. The third-order valence-electron chi connectivity index (χ3n) is 5.01. The van der Waals surface area contributed by atoms with Gasteiger partial charge in [-0.2, -0.15) is 0 Å². The monoisotopic (exact) mass is 579 g/mol. The quantitative estimate of drug-likeness (QED) is 0.259. The molecule has 3 rings (SSSR count). The summed E-state index contributed by atoms with van der Waals surface area (Å²) >= 11 is 12.0. The van der Waals surface area contributed by atoms with Crippen LogP contribution in [0, 0.1) is 0 Å². The smallest absolute Gasteiger partial charge is 0.328 e. The Morgan fingerprint density at radius 3 is 2.23 bits per heavy atom. The molecule has 12 heteroatoms. The second kappa shape index (κ2) is 14.8. The lowest BCUT2D eigenvalue weighted by Crippen LogP contribution is -3.06. The summed E-state index contributed by atoms with van der Waals surface area (Å²) in [6.45, 7) is 1.11. The first-order valence-corrected chi connectivity index (χ1v) is 12.1. The van der Waals surface area contributed by atoms with Crippen molar-refractivity contribution in [3.05, 3.63) is 69.9 Å². The summed E-state index contributed by atoms with van der Waals surface area (Å²) in [6, 6.07) is 6.85. The van der Waals surface area contributed by atoms with Gasteiger partial charge in [0.1, 0.15) is 24.5 Å². The molecule has 0 aliphatic carbocycles. The van der Waals surface area contributed by atoms with E-state index < -0.39 is 11.9 Å². The average molecular weight is 580 g/mol. The SMILES string of the molecule is COc1c(C(=O)/C=C/c2ccc(Cl)c(Cl)c2)c(OCC[NH+](C)C)c(OC)c2occc12.O=C([O-])/C=C\C(=O)O. The molecule has 2 N–H and O–H groups in total. The maximum atomic E-state index is 13.3. The highest BCUT2D eigenvalue weighted by Gasteiger charge is 2.28. The van der Waals surface area contributed by atoms with E-state index >= 15 is 0 Å². The number of ether oxygens (including phenoxy) is 3. The molecule has 2 aromatic carbocycles. The second-order valence-electron chi connectivity index (χ2n) is 8.10. The van der Waals surface area contributed by atoms with Crippen LogP contribution in [0.5, 0.6) is 17.2 Å². The maximum absolute atomic E-state index is 13.3. The molecule has 0 aliphatic rings. The molecular formula is C27H27Cl2NO9. The Morgan fingerprint density at radius 1 is 1.00 bits per heavy atom. The van der Waals surface area contributed by atoms with Gasteiger partial charge in [0.05, 0.1) is 56.0 Å². The van der Waals surface area contributed by atoms with Crippen LogP contribution < -0.4 is 24.2 Å². The van der Waals surface area contributed by atoms with E-state index in [9.17, 15) is 19.5 Å². The maximum Gasteiger partial charge on any atom is 0.328 e. The molecule has 0 saturated carbocycles. The molecular weight excluding hydrogens is 553 g/mol. The number of likely N-dealkylation sites (N-methyl/N-ethyl adjacent to an activating group) is 1. The van der Waals surface area contributed by atoms with E-state index in [1.54, 1.807) is 30.3 Å². The summed E-state index contributed by atoms with van der Waals surface area (Å²) in [5.74, 6) is -2.12. The molecule has 0 bridgehead atoms. The molecule has 3 aromatic rings. The highest BCUT2D eigenvalue weighted by atomic mass is 35.5. The van der Waals surface area contributed by atoms with Gasteiger partial charge in [0.25, 0.3) is 0 Å². The fraction of sp³-hybridized carbons (Fsp3) is 0.222. The highest BCUT2D eigenvalue weighted by molar-refractivity contribution is 6.42. The van der Waals surface area contributed by atoms with Crippen molar-refractivity contribution >= 4 is 58.0 Å². The number of rotatable bonds is 11. The van der Waals surface area contributed by atoms with Crippen LogP contribution in [-0.4, -0.2) is 64.3 Å².